The van der Waals surface area contributed by atoms with Crippen molar-refractivity contribution in [1.29, 1.82) is 0 Å². The van der Waals surface area contributed by atoms with Crippen LogP contribution in [0.25, 0.3) is 0 Å². The van der Waals surface area contributed by atoms with Gasteiger partial charge < -0.3 is 24.6 Å². The number of ether oxygens (including phenoxy) is 2. The van der Waals surface area contributed by atoms with Crippen LogP contribution in [0.4, 0.5) is 0 Å². The second-order valence-corrected chi connectivity index (χ2v) is 9.95. The number of amides is 1. The van der Waals surface area contributed by atoms with Gasteiger partial charge in [-0.2, -0.15) is 0 Å². The minimum absolute atomic E-state index is 0.0121. The number of aromatic nitrogens is 1. The fourth-order valence-corrected chi connectivity index (χ4v) is 4.69. The van der Waals surface area contributed by atoms with Crippen molar-refractivity contribution in [2.45, 2.75) is 45.1 Å². The van der Waals surface area contributed by atoms with Gasteiger partial charge in [-0.25, -0.2) is 0 Å². The second-order valence-electron chi connectivity index (χ2n) is 9.95. The first-order valence-electron chi connectivity index (χ1n) is 13.4. The highest BCUT2D eigenvalue weighted by atomic mass is 16.5. The molecule has 0 spiro atoms. The largest absolute Gasteiger partial charge is 0.493 e. The van der Waals surface area contributed by atoms with E-state index < -0.39 is 0 Å². The van der Waals surface area contributed by atoms with Crippen LogP contribution in [0.2, 0.25) is 0 Å². The van der Waals surface area contributed by atoms with Crippen LogP contribution in [-0.4, -0.2) is 59.4 Å². The molecule has 1 aliphatic heterocycles. The summed E-state index contributed by atoms with van der Waals surface area (Å²) in [5.41, 5.74) is 5.03. The summed E-state index contributed by atoms with van der Waals surface area (Å²) in [6.07, 6.45) is 5.05. The number of methoxy groups -OCH3 is 1. The van der Waals surface area contributed by atoms with Gasteiger partial charge in [0.05, 0.1) is 7.11 Å². The molecule has 0 radical (unpaired) electrons. The monoisotopic (exact) mass is 518 g/mol. The maximum absolute atomic E-state index is 13.0. The van der Waals surface area contributed by atoms with Crippen LogP contribution in [0.5, 0.6) is 11.5 Å². The number of carbonyl (C=O) groups excluding carboxylic acids is 1. The molecule has 1 aromatic heterocycles. The first kappa shape index (κ1) is 27.6. The number of rotatable bonds is 13. The molecule has 0 aliphatic carbocycles. The van der Waals surface area contributed by atoms with Crippen molar-refractivity contribution in [2.24, 2.45) is 5.92 Å². The minimum atomic E-state index is -0.0897. The number of benzene rings is 2. The Hall–Kier alpha value is -3.42. The number of aliphatic hydroxyl groups is 2. The maximum atomic E-state index is 13.0. The van der Waals surface area contributed by atoms with E-state index in [2.05, 4.69) is 42.2 Å². The Kier molecular flexibility index (Phi) is 9.73. The molecule has 3 aromatic rings. The quantitative estimate of drug-likeness (QED) is 0.349. The van der Waals surface area contributed by atoms with Crippen molar-refractivity contribution in [3.8, 4) is 11.5 Å². The molecule has 0 saturated carbocycles. The standard InChI is InChI=1S/C31H38N2O5/c1-3-22-7-9-24(10-8-22)21-38-29-12-11-26(16-30(29)37-2)27-17-33(18-27)31(36)28-15-23(13-14-32-28)5-4-6-25(19-34)20-35/h7-16,25,27,34-35H,3-6,17-21H2,1-2H3. The Balaban J connectivity index is 1.30. The molecule has 7 nitrogen and oxygen atoms in total. The van der Waals surface area contributed by atoms with Gasteiger partial charge in [0, 0.05) is 44.3 Å². The SMILES string of the molecule is CCc1ccc(COc2ccc(C3CN(C(=O)c4cc(CCCC(CO)CO)ccn4)C3)cc2OC)cc1. The Morgan fingerprint density at radius 2 is 1.74 bits per heavy atom. The van der Waals surface area contributed by atoms with E-state index >= 15 is 0 Å². The van der Waals surface area contributed by atoms with Gasteiger partial charge in [0.1, 0.15) is 12.3 Å². The number of aryl methyl sites for hydroxylation is 2. The van der Waals surface area contributed by atoms with Gasteiger partial charge in [-0.3, -0.25) is 9.78 Å². The third kappa shape index (κ3) is 6.91. The molecule has 2 heterocycles. The molecule has 0 bridgehead atoms. The van der Waals surface area contributed by atoms with Crippen LogP contribution in [0.15, 0.2) is 60.8 Å². The normalized spacial score (nSPS) is 13.4. The molecule has 1 aliphatic rings. The molecule has 1 amide bonds. The highest BCUT2D eigenvalue weighted by Crippen LogP contribution is 2.35. The third-order valence-corrected chi connectivity index (χ3v) is 7.29. The summed E-state index contributed by atoms with van der Waals surface area (Å²) in [4.78, 5) is 19.1. The molecule has 4 rings (SSSR count). The van der Waals surface area contributed by atoms with Crippen molar-refractivity contribution in [3.63, 3.8) is 0 Å². The average molecular weight is 519 g/mol. The van der Waals surface area contributed by atoms with Crippen LogP contribution < -0.4 is 9.47 Å². The second kappa shape index (κ2) is 13.4. The first-order chi connectivity index (χ1) is 18.5. The van der Waals surface area contributed by atoms with E-state index in [0.717, 1.165) is 42.4 Å². The van der Waals surface area contributed by atoms with Crippen LogP contribution in [-0.2, 0) is 19.4 Å². The van der Waals surface area contributed by atoms with Gasteiger partial charge in [-0.1, -0.05) is 37.3 Å². The predicted molar refractivity (Wildman–Crippen MR) is 147 cm³/mol. The molecule has 38 heavy (non-hydrogen) atoms. The van der Waals surface area contributed by atoms with Crippen LogP contribution in [0.3, 0.4) is 0 Å². The van der Waals surface area contributed by atoms with Crippen molar-refractivity contribution in [1.82, 2.24) is 9.88 Å². The van der Waals surface area contributed by atoms with Gasteiger partial charge in [-0.05, 0) is 72.2 Å². The van der Waals surface area contributed by atoms with Crippen molar-refractivity contribution < 1.29 is 24.5 Å². The number of hydrogen-bond acceptors (Lipinski definition) is 6. The lowest BCUT2D eigenvalue weighted by molar-refractivity contribution is 0.0596. The number of nitrogens with zero attached hydrogens (tertiary/aromatic N) is 2. The van der Waals surface area contributed by atoms with Gasteiger partial charge in [-0.15, -0.1) is 0 Å². The molecular weight excluding hydrogens is 480 g/mol. The summed E-state index contributed by atoms with van der Waals surface area (Å²) >= 11 is 0. The van der Waals surface area contributed by atoms with E-state index in [9.17, 15) is 15.0 Å². The Morgan fingerprint density at radius 1 is 1.00 bits per heavy atom. The summed E-state index contributed by atoms with van der Waals surface area (Å²) in [6, 6.07) is 18.2. The zero-order chi connectivity index (χ0) is 26.9. The van der Waals surface area contributed by atoms with E-state index in [1.54, 1.807) is 13.3 Å². The van der Waals surface area contributed by atoms with Crippen molar-refractivity contribution in [3.05, 3.63) is 88.7 Å². The summed E-state index contributed by atoms with van der Waals surface area (Å²) < 4.78 is 11.6. The Bertz CT molecular complexity index is 1190. The number of pyridine rings is 1. The Morgan fingerprint density at radius 3 is 2.42 bits per heavy atom. The van der Waals surface area contributed by atoms with E-state index in [4.69, 9.17) is 9.47 Å². The summed E-state index contributed by atoms with van der Waals surface area (Å²) in [5, 5.41) is 18.5. The topological polar surface area (TPSA) is 92.1 Å². The van der Waals surface area contributed by atoms with E-state index in [1.165, 1.54) is 5.56 Å². The fourth-order valence-electron chi connectivity index (χ4n) is 4.69. The summed E-state index contributed by atoms with van der Waals surface area (Å²) in [7, 11) is 1.64. The molecule has 2 aromatic carbocycles. The summed E-state index contributed by atoms with van der Waals surface area (Å²) in [6.45, 7) is 3.85. The number of carbonyl (C=O) groups is 1. The van der Waals surface area contributed by atoms with Gasteiger partial charge in [0.25, 0.3) is 5.91 Å². The zero-order valence-corrected chi connectivity index (χ0v) is 22.3. The van der Waals surface area contributed by atoms with E-state index in [0.29, 0.717) is 36.9 Å². The predicted octanol–water partition coefficient (Wildman–Crippen LogP) is 4.39. The zero-order valence-electron chi connectivity index (χ0n) is 22.3. The highest BCUT2D eigenvalue weighted by molar-refractivity contribution is 5.93. The molecule has 202 valence electrons. The van der Waals surface area contributed by atoms with E-state index in [1.807, 2.05) is 29.2 Å². The number of hydrogen-bond donors (Lipinski definition) is 2. The van der Waals surface area contributed by atoms with Gasteiger partial charge in [0.15, 0.2) is 11.5 Å². The van der Waals surface area contributed by atoms with Gasteiger partial charge >= 0.3 is 0 Å². The third-order valence-electron chi connectivity index (χ3n) is 7.29. The molecule has 0 atom stereocenters. The number of aliphatic hydroxyl groups excluding tert-OH is 2. The molecule has 1 saturated heterocycles. The summed E-state index contributed by atoms with van der Waals surface area (Å²) in [5.74, 6) is 1.48. The molecule has 7 heteroatoms. The molecule has 1 fully saturated rings. The van der Waals surface area contributed by atoms with Crippen LogP contribution in [0.1, 0.15) is 58.4 Å². The average Bonchev–Trinajstić information content (AvgIpc) is 2.94. The van der Waals surface area contributed by atoms with Crippen LogP contribution in [0, 0.1) is 5.92 Å². The van der Waals surface area contributed by atoms with Crippen molar-refractivity contribution in [2.75, 3.05) is 33.4 Å². The van der Waals surface area contributed by atoms with Crippen molar-refractivity contribution >= 4 is 5.91 Å². The lowest BCUT2D eigenvalue weighted by atomic mass is 9.90. The number of likely N-dealkylation sites (tertiary alicyclic amines) is 1. The van der Waals surface area contributed by atoms with Gasteiger partial charge in [0.2, 0.25) is 0 Å². The smallest absolute Gasteiger partial charge is 0.272 e. The highest BCUT2D eigenvalue weighted by Gasteiger charge is 2.33. The Labute approximate surface area is 225 Å². The van der Waals surface area contributed by atoms with E-state index in [-0.39, 0.29) is 31.0 Å². The molecule has 2 N–H and O–H groups in total. The molecular formula is C31H38N2O5. The fraction of sp³-hybridized carbons (Fsp3) is 0.419. The van der Waals surface area contributed by atoms with Crippen LogP contribution >= 0.6 is 0 Å². The lowest BCUT2D eigenvalue weighted by Crippen LogP contribution is -2.48. The molecule has 0 unspecified atom stereocenters. The lowest BCUT2D eigenvalue weighted by Gasteiger charge is -2.39. The minimum Gasteiger partial charge on any atom is -0.493 e. The first-order valence-corrected chi connectivity index (χ1v) is 13.4. The maximum Gasteiger partial charge on any atom is 0.272 e.